The van der Waals surface area contributed by atoms with Crippen LogP contribution in [0.2, 0.25) is 0 Å². The number of rotatable bonds is 5. The summed E-state index contributed by atoms with van der Waals surface area (Å²) in [6.07, 6.45) is 6.55. The monoisotopic (exact) mass is 232 g/mol. The molecule has 4 nitrogen and oxygen atoms in total. The van der Waals surface area contributed by atoms with Crippen molar-refractivity contribution < 1.29 is 19.8 Å². The molecule has 0 bridgehead atoms. The Morgan fingerprint density at radius 2 is 1.71 bits per heavy atom. The first kappa shape index (κ1) is 12.7. The van der Waals surface area contributed by atoms with E-state index in [1.807, 2.05) is 0 Å². The average molecular weight is 232 g/mol. The van der Waals surface area contributed by atoms with Crippen molar-refractivity contribution in [2.24, 2.45) is 0 Å². The summed E-state index contributed by atoms with van der Waals surface area (Å²) in [6.45, 7) is 0. The molecule has 0 saturated carbocycles. The highest BCUT2D eigenvalue weighted by Crippen LogP contribution is 2.05. The van der Waals surface area contributed by atoms with E-state index in [-0.39, 0.29) is 5.56 Å². The van der Waals surface area contributed by atoms with E-state index in [0.29, 0.717) is 6.42 Å². The second kappa shape index (κ2) is 6.27. The topological polar surface area (TPSA) is 74.6 Å². The molecular formula is C13H12O4. The van der Waals surface area contributed by atoms with E-state index in [2.05, 4.69) is 0 Å². The molecule has 0 unspecified atom stereocenters. The third-order valence-corrected chi connectivity index (χ3v) is 2.04. The lowest BCUT2D eigenvalue weighted by Gasteiger charge is -1.97. The Morgan fingerprint density at radius 3 is 2.24 bits per heavy atom. The number of aliphatic carboxylic acids is 1. The van der Waals surface area contributed by atoms with Gasteiger partial charge < -0.3 is 10.2 Å². The standard InChI is InChI=1S/C13H12O4/c14-12(15)5-3-1-2-4-10-6-8-11(9-7-10)13(16)17/h1-3,5-9H,4H2,(H,14,15)(H,16,17). The Labute approximate surface area is 98.5 Å². The molecule has 4 heteroatoms. The Kier molecular flexibility index (Phi) is 4.69. The third-order valence-electron chi connectivity index (χ3n) is 2.04. The molecule has 0 amide bonds. The molecule has 17 heavy (non-hydrogen) atoms. The van der Waals surface area contributed by atoms with E-state index in [1.54, 1.807) is 36.4 Å². The highest BCUT2D eigenvalue weighted by atomic mass is 16.4. The lowest BCUT2D eigenvalue weighted by molar-refractivity contribution is -0.131. The van der Waals surface area contributed by atoms with Crippen molar-refractivity contribution in [1.29, 1.82) is 0 Å². The van der Waals surface area contributed by atoms with Gasteiger partial charge in [-0.05, 0) is 24.1 Å². The second-order valence-corrected chi connectivity index (χ2v) is 3.33. The van der Waals surface area contributed by atoms with Gasteiger partial charge in [-0.1, -0.05) is 30.4 Å². The summed E-state index contributed by atoms with van der Waals surface area (Å²) in [7, 11) is 0. The molecule has 1 aromatic carbocycles. The van der Waals surface area contributed by atoms with Gasteiger partial charge in [0.1, 0.15) is 0 Å². The molecule has 0 saturated heterocycles. The number of carbonyl (C=O) groups is 2. The number of allylic oxidation sites excluding steroid dienone is 3. The van der Waals surface area contributed by atoms with Crippen LogP contribution in [0.3, 0.4) is 0 Å². The van der Waals surface area contributed by atoms with Gasteiger partial charge in [0.25, 0.3) is 0 Å². The maximum atomic E-state index is 10.6. The van der Waals surface area contributed by atoms with E-state index < -0.39 is 11.9 Å². The summed E-state index contributed by atoms with van der Waals surface area (Å²) in [5, 5.41) is 17.0. The van der Waals surface area contributed by atoms with Gasteiger partial charge >= 0.3 is 11.9 Å². The van der Waals surface area contributed by atoms with Crippen LogP contribution in [0.1, 0.15) is 15.9 Å². The molecular weight excluding hydrogens is 220 g/mol. The number of carboxylic acid groups (broad SMARTS) is 2. The van der Waals surface area contributed by atoms with Crippen molar-refractivity contribution >= 4 is 11.9 Å². The molecule has 2 N–H and O–H groups in total. The number of carboxylic acids is 2. The van der Waals surface area contributed by atoms with E-state index >= 15 is 0 Å². The van der Waals surface area contributed by atoms with E-state index in [4.69, 9.17) is 10.2 Å². The van der Waals surface area contributed by atoms with Crippen molar-refractivity contribution in [3.8, 4) is 0 Å². The van der Waals surface area contributed by atoms with E-state index in [0.717, 1.165) is 11.6 Å². The minimum Gasteiger partial charge on any atom is -0.478 e. The summed E-state index contributed by atoms with van der Waals surface area (Å²) in [5.41, 5.74) is 1.22. The van der Waals surface area contributed by atoms with Crippen molar-refractivity contribution in [1.82, 2.24) is 0 Å². The molecule has 0 aliphatic heterocycles. The Morgan fingerprint density at radius 1 is 1.06 bits per heavy atom. The van der Waals surface area contributed by atoms with Crippen LogP contribution in [0.4, 0.5) is 0 Å². The average Bonchev–Trinajstić information content (AvgIpc) is 2.29. The zero-order valence-electron chi connectivity index (χ0n) is 9.04. The summed E-state index contributed by atoms with van der Waals surface area (Å²) in [6, 6.07) is 6.54. The minimum absolute atomic E-state index is 0.253. The fraction of sp³-hybridized carbons (Fsp3) is 0.0769. The molecule has 0 atom stereocenters. The zero-order valence-corrected chi connectivity index (χ0v) is 9.04. The summed E-state index contributed by atoms with van der Waals surface area (Å²) in [5.74, 6) is -1.93. The maximum absolute atomic E-state index is 10.6. The van der Waals surface area contributed by atoms with Crippen molar-refractivity contribution in [3.05, 3.63) is 59.7 Å². The number of hydrogen-bond acceptors (Lipinski definition) is 2. The summed E-state index contributed by atoms with van der Waals surface area (Å²) in [4.78, 5) is 20.8. The molecule has 0 aromatic heterocycles. The minimum atomic E-state index is -0.986. The van der Waals surface area contributed by atoms with Gasteiger partial charge in [0, 0.05) is 6.08 Å². The molecule has 0 aliphatic rings. The van der Waals surface area contributed by atoms with Crippen LogP contribution < -0.4 is 0 Å². The predicted molar refractivity (Wildman–Crippen MR) is 63.0 cm³/mol. The zero-order chi connectivity index (χ0) is 12.7. The Hall–Kier alpha value is -2.36. The molecule has 0 radical (unpaired) electrons. The van der Waals surface area contributed by atoms with E-state index in [9.17, 15) is 9.59 Å². The maximum Gasteiger partial charge on any atom is 0.335 e. The number of benzene rings is 1. The molecule has 0 fully saturated rings. The summed E-state index contributed by atoms with van der Waals surface area (Å²) >= 11 is 0. The molecule has 0 heterocycles. The van der Waals surface area contributed by atoms with Gasteiger partial charge in [-0.2, -0.15) is 0 Å². The van der Waals surface area contributed by atoms with Crippen molar-refractivity contribution in [2.45, 2.75) is 6.42 Å². The second-order valence-electron chi connectivity index (χ2n) is 3.33. The Bertz CT molecular complexity index is 455. The van der Waals surface area contributed by atoms with Crippen LogP contribution in [0.15, 0.2) is 48.6 Å². The Balaban J connectivity index is 2.53. The molecule has 1 rings (SSSR count). The normalized spacial score (nSPS) is 11.1. The molecule has 0 aliphatic carbocycles. The van der Waals surface area contributed by atoms with Gasteiger partial charge in [-0.15, -0.1) is 0 Å². The first-order valence-electron chi connectivity index (χ1n) is 4.98. The van der Waals surface area contributed by atoms with Crippen molar-refractivity contribution in [3.63, 3.8) is 0 Å². The number of aromatic carboxylic acids is 1. The van der Waals surface area contributed by atoms with Crippen LogP contribution in [-0.2, 0) is 11.2 Å². The first-order valence-corrected chi connectivity index (χ1v) is 4.98. The quantitative estimate of drug-likeness (QED) is 0.602. The fourth-order valence-electron chi connectivity index (χ4n) is 1.20. The van der Waals surface area contributed by atoms with Gasteiger partial charge in [0.05, 0.1) is 5.56 Å². The number of hydrogen-bond donors (Lipinski definition) is 2. The fourth-order valence-corrected chi connectivity index (χ4v) is 1.20. The van der Waals surface area contributed by atoms with Crippen LogP contribution in [0.5, 0.6) is 0 Å². The molecule has 88 valence electrons. The predicted octanol–water partition coefficient (Wildman–Crippen LogP) is 2.12. The van der Waals surface area contributed by atoms with Gasteiger partial charge in [0.2, 0.25) is 0 Å². The lowest BCUT2D eigenvalue weighted by Crippen LogP contribution is -1.95. The SMILES string of the molecule is O=C(O)C=CC=CCc1ccc(C(=O)O)cc1. The van der Waals surface area contributed by atoms with Gasteiger partial charge in [0.15, 0.2) is 0 Å². The van der Waals surface area contributed by atoms with Crippen LogP contribution >= 0.6 is 0 Å². The van der Waals surface area contributed by atoms with Crippen LogP contribution in [-0.4, -0.2) is 22.2 Å². The first-order chi connectivity index (χ1) is 8.09. The smallest absolute Gasteiger partial charge is 0.335 e. The molecule has 0 spiro atoms. The lowest BCUT2D eigenvalue weighted by atomic mass is 10.1. The van der Waals surface area contributed by atoms with Gasteiger partial charge in [-0.3, -0.25) is 0 Å². The largest absolute Gasteiger partial charge is 0.478 e. The van der Waals surface area contributed by atoms with Crippen LogP contribution in [0, 0.1) is 0 Å². The highest BCUT2D eigenvalue weighted by molar-refractivity contribution is 5.87. The van der Waals surface area contributed by atoms with Crippen molar-refractivity contribution in [2.75, 3.05) is 0 Å². The highest BCUT2D eigenvalue weighted by Gasteiger charge is 2.00. The summed E-state index contributed by atoms with van der Waals surface area (Å²) < 4.78 is 0. The van der Waals surface area contributed by atoms with Gasteiger partial charge in [-0.25, -0.2) is 9.59 Å². The molecule has 1 aromatic rings. The van der Waals surface area contributed by atoms with E-state index in [1.165, 1.54) is 6.08 Å². The third kappa shape index (κ3) is 4.79. The van der Waals surface area contributed by atoms with Crippen LogP contribution in [0.25, 0.3) is 0 Å².